The van der Waals surface area contributed by atoms with Gasteiger partial charge in [0.05, 0.1) is 6.04 Å². The van der Waals surface area contributed by atoms with Gasteiger partial charge in [0.2, 0.25) is 11.8 Å². The van der Waals surface area contributed by atoms with Crippen LogP contribution in [0.3, 0.4) is 0 Å². The summed E-state index contributed by atoms with van der Waals surface area (Å²) < 4.78 is 34.1. The van der Waals surface area contributed by atoms with Gasteiger partial charge in [0, 0.05) is 30.8 Å². The monoisotopic (exact) mass is 486 g/mol. The summed E-state index contributed by atoms with van der Waals surface area (Å²) in [5.41, 5.74) is -0.259. The number of nitrogens with zero attached hydrogens (tertiary/aromatic N) is 3. The Labute approximate surface area is 179 Å². The van der Waals surface area contributed by atoms with E-state index < -0.39 is 17.7 Å². The van der Waals surface area contributed by atoms with E-state index in [1.165, 1.54) is 10.6 Å². The first-order valence-corrected chi connectivity index (χ1v) is 10.1. The molecule has 2 aromatic rings. The van der Waals surface area contributed by atoms with Gasteiger partial charge in [-0.25, -0.2) is 13.6 Å². The fourth-order valence-electron chi connectivity index (χ4n) is 3.29. The Morgan fingerprint density at radius 2 is 2.17 bits per heavy atom. The Morgan fingerprint density at radius 3 is 2.80 bits per heavy atom. The van der Waals surface area contributed by atoms with Gasteiger partial charge in [-0.05, 0) is 48.3 Å². The molecule has 1 atom stereocenters. The number of hydrogen-bond donors (Lipinski definition) is 2. The second-order valence-electron chi connectivity index (χ2n) is 7.21. The third-order valence-corrected chi connectivity index (χ3v) is 5.38. The van der Waals surface area contributed by atoms with E-state index in [0.29, 0.717) is 25.5 Å². The number of halogens is 3. The van der Waals surface area contributed by atoms with Crippen molar-refractivity contribution in [3.05, 3.63) is 50.2 Å². The number of amides is 1. The second-order valence-corrected chi connectivity index (χ2v) is 8.00. The number of anilines is 1. The SMILES string of the molecule is CC(C)n1c(N2CC[C@@H](NC(=O)O)C2)nc(OCc2ccc(F)cc2F)c(Br)c1=O. The average molecular weight is 487 g/mol. The predicted octanol–water partition coefficient (Wildman–Crippen LogP) is 3.29. The Kier molecular flexibility index (Phi) is 6.59. The Morgan fingerprint density at radius 1 is 1.43 bits per heavy atom. The van der Waals surface area contributed by atoms with Crippen molar-refractivity contribution in [1.29, 1.82) is 0 Å². The molecule has 0 saturated carbocycles. The van der Waals surface area contributed by atoms with E-state index >= 15 is 0 Å². The summed E-state index contributed by atoms with van der Waals surface area (Å²) in [7, 11) is 0. The predicted molar refractivity (Wildman–Crippen MR) is 109 cm³/mol. The van der Waals surface area contributed by atoms with Gasteiger partial charge in [0.1, 0.15) is 22.7 Å². The minimum absolute atomic E-state index is 0.0229. The molecule has 1 aromatic heterocycles. The number of rotatable bonds is 6. The lowest BCUT2D eigenvalue weighted by Crippen LogP contribution is -2.38. The second kappa shape index (κ2) is 8.99. The van der Waals surface area contributed by atoms with Gasteiger partial charge >= 0.3 is 6.09 Å². The van der Waals surface area contributed by atoms with E-state index in [4.69, 9.17) is 9.84 Å². The van der Waals surface area contributed by atoms with Crippen molar-refractivity contribution in [3.8, 4) is 5.88 Å². The molecule has 1 amide bonds. The Hall–Kier alpha value is -2.69. The normalized spacial score (nSPS) is 16.2. The summed E-state index contributed by atoms with van der Waals surface area (Å²) in [6.07, 6.45) is -0.551. The molecule has 1 aliphatic heterocycles. The molecule has 3 rings (SSSR count). The van der Waals surface area contributed by atoms with Crippen molar-refractivity contribution in [2.24, 2.45) is 0 Å². The molecule has 0 aliphatic carbocycles. The van der Waals surface area contributed by atoms with Crippen LogP contribution in [0.1, 0.15) is 31.9 Å². The summed E-state index contributed by atoms with van der Waals surface area (Å²) in [5, 5.41) is 11.4. The smallest absolute Gasteiger partial charge is 0.404 e. The minimum Gasteiger partial charge on any atom is -0.472 e. The van der Waals surface area contributed by atoms with Gasteiger partial charge in [0.15, 0.2) is 0 Å². The molecular formula is C19H21BrF2N4O4. The lowest BCUT2D eigenvalue weighted by Gasteiger charge is -2.25. The Balaban J connectivity index is 1.91. The standard InChI is InChI=1S/C19H21BrF2N4O4/c1-10(2)26-17(27)15(20)16(30-9-11-3-4-12(21)7-14(11)22)24-18(26)25-6-5-13(8-25)23-19(28)29/h3-4,7,10,13,23H,5-6,8-9H2,1-2H3,(H,28,29)/t13-/m1/s1. The largest absolute Gasteiger partial charge is 0.472 e. The molecule has 1 aromatic carbocycles. The maximum atomic E-state index is 13.9. The van der Waals surface area contributed by atoms with Crippen molar-refractivity contribution in [2.45, 2.75) is 39.0 Å². The molecular weight excluding hydrogens is 466 g/mol. The number of hydrogen-bond acceptors (Lipinski definition) is 5. The fraction of sp³-hybridized carbons (Fsp3) is 0.421. The van der Waals surface area contributed by atoms with Gasteiger partial charge in [-0.15, -0.1) is 0 Å². The maximum absolute atomic E-state index is 13.9. The van der Waals surface area contributed by atoms with Crippen LogP contribution >= 0.6 is 15.9 Å². The molecule has 8 nitrogen and oxygen atoms in total. The van der Waals surface area contributed by atoms with Gasteiger partial charge in [-0.2, -0.15) is 4.98 Å². The molecule has 1 fully saturated rings. The van der Waals surface area contributed by atoms with Crippen LogP contribution in [0, 0.1) is 11.6 Å². The van der Waals surface area contributed by atoms with Crippen LogP contribution in [0.15, 0.2) is 27.5 Å². The number of carbonyl (C=O) groups is 1. The van der Waals surface area contributed by atoms with Crippen LogP contribution in [0.4, 0.5) is 19.5 Å². The highest BCUT2D eigenvalue weighted by molar-refractivity contribution is 9.10. The Bertz CT molecular complexity index is 1010. The molecule has 11 heteroatoms. The van der Waals surface area contributed by atoms with Crippen molar-refractivity contribution < 1.29 is 23.4 Å². The van der Waals surface area contributed by atoms with Crippen LogP contribution in [0.25, 0.3) is 0 Å². The number of nitrogens with one attached hydrogen (secondary N) is 1. The fourth-order valence-corrected chi connectivity index (χ4v) is 3.68. The van der Waals surface area contributed by atoms with Crippen molar-refractivity contribution in [2.75, 3.05) is 18.0 Å². The lowest BCUT2D eigenvalue weighted by molar-refractivity contribution is 0.191. The van der Waals surface area contributed by atoms with E-state index in [1.54, 1.807) is 4.90 Å². The zero-order chi connectivity index (χ0) is 22.0. The highest BCUT2D eigenvalue weighted by atomic mass is 79.9. The van der Waals surface area contributed by atoms with Gasteiger partial charge in [0.25, 0.3) is 5.56 Å². The number of carboxylic acid groups (broad SMARTS) is 1. The van der Waals surface area contributed by atoms with Gasteiger partial charge in [-0.1, -0.05) is 0 Å². The zero-order valence-corrected chi connectivity index (χ0v) is 17.9. The lowest BCUT2D eigenvalue weighted by atomic mass is 10.2. The molecule has 0 unspecified atom stereocenters. The first-order valence-electron chi connectivity index (χ1n) is 9.30. The molecule has 30 heavy (non-hydrogen) atoms. The summed E-state index contributed by atoms with van der Waals surface area (Å²) >= 11 is 3.21. The van der Waals surface area contributed by atoms with Crippen LogP contribution in [0.2, 0.25) is 0 Å². The molecule has 1 aliphatic rings. The number of aromatic nitrogens is 2. The highest BCUT2D eigenvalue weighted by Gasteiger charge is 2.29. The molecule has 2 N–H and O–H groups in total. The molecule has 162 valence electrons. The first-order chi connectivity index (χ1) is 14.2. The number of ether oxygens (including phenoxy) is 1. The minimum atomic E-state index is -1.11. The van der Waals surface area contributed by atoms with E-state index in [-0.39, 0.29) is 40.2 Å². The van der Waals surface area contributed by atoms with Gasteiger partial charge < -0.3 is 20.1 Å². The van der Waals surface area contributed by atoms with Crippen molar-refractivity contribution >= 4 is 28.0 Å². The van der Waals surface area contributed by atoms with Crippen LogP contribution < -0.4 is 20.5 Å². The summed E-state index contributed by atoms with van der Waals surface area (Å²) in [6, 6.07) is 2.63. The van der Waals surface area contributed by atoms with Crippen LogP contribution in [0.5, 0.6) is 5.88 Å². The van der Waals surface area contributed by atoms with Crippen LogP contribution in [-0.4, -0.2) is 39.9 Å². The average Bonchev–Trinajstić information content (AvgIpc) is 3.11. The molecule has 0 bridgehead atoms. The third kappa shape index (κ3) is 4.72. The number of benzene rings is 1. The topological polar surface area (TPSA) is 96.7 Å². The first kappa shape index (κ1) is 22.0. The molecule has 0 spiro atoms. The molecule has 2 heterocycles. The molecule has 1 saturated heterocycles. The maximum Gasteiger partial charge on any atom is 0.404 e. The van der Waals surface area contributed by atoms with E-state index in [1.807, 2.05) is 13.8 Å². The van der Waals surface area contributed by atoms with Crippen molar-refractivity contribution in [3.63, 3.8) is 0 Å². The van der Waals surface area contributed by atoms with E-state index in [9.17, 15) is 18.4 Å². The third-order valence-electron chi connectivity index (χ3n) is 4.71. The summed E-state index contributed by atoms with van der Waals surface area (Å²) in [5.74, 6) is -1.15. The quantitative estimate of drug-likeness (QED) is 0.650. The van der Waals surface area contributed by atoms with E-state index in [2.05, 4.69) is 26.2 Å². The van der Waals surface area contributed by atoms with Crippen molar-refractivity contribution in [1.82, 2.24) is 14.9 Å². The zero-order valence-electron chi connectivity index (χ0n) is 16.4. The summed E-state index contributed by atoms with van der Waals surface area (Å²) in [6.45, 7) is 4.26. The molecule has 0 radical (unpaired) electrons. The van der Waals surface area contributed by atoms with Gasteiger partial charge in [-0.3, -0.25) is 9.36 Å². The highest BCUT2D eigenvalue weighted by Crippen LogP contribution is 2.28. The summed E-state index contributed by atoms with van der Waals surface area (Å²) in [4.78, 5) is 30.1. The van der Waals surface area contributed by atoms with Crippen LogP contribution in [-0.2, 0) is 6.61 Å². The van der Waals surface area contributed by atoms with E-state index in [0.717, 1.165) is 12.1 Å².